The third-order valence-electron chi connectivity index (χ3n) is 6.01. The van der Waals surface area contributed by atoms with Gasteiger partial charge in [-0.2, -0.15) is 4.31 Å². The van der Waals surface area contributed by atoms with Crippen molar-refractivity contribution in [2.24, 2.45) is 0 Å². The topological polar surface area (TPSA) is 95.6 Å². The molecule has 1 aliphatic heterocycles. The average molecular weight is 492 g/mol. The maximum Gasteiger partial charge on any atom is 0.251 e. The number of nitrogens with zero attached hydrogens (tertiary/aromatic N) is 1. The zero-order chi connectivity index (χ0) is 24.7. The fraction of sp³-hybridized carbons (Fsp3) is 0.259. The van der Waals surface area contributed by atoms with Crippen molar-refractivity contribution in [3.8, 4) is 0 Å². The Bertz CT molecular complexity index is 1240. The molecular formula is C27H29N3O4S. The number of hydrogen-bond acceptors (Lipinski definition) is 4. The van der Waals surface area contributed by atoms with Gasteiger partial charge in [-0.25, -0.2) is 8.42 Å². The van der Waals surface area contributed by atoms with E-state index in [0.717, 1.165) is 18.4 Å². The minimum atomic E-state index is -3.46. The van der Waals surface area contributed by atoms with Crippen molar-refractivity contribution in [1.82, 2.24) is 9.62 Å². The second kappa shape index (κ2) is 11.3. The molecule has 3 aromatic carbocycles. The molecule has 0 aliphatic carbocycles. The van der Waals surface area contributed by atoms with Crippen LogP contribution < -0.4 is 10.6 Å². The summed E-state index contributed by atoms with van der Waals surface area (Å²) in [6.07, 6.45) is 2.37. The Labute approximate surface area is 206 Å². The van der Waals surface area contributed by atoms with Gasteiger partial charge in [0.25, 0.3) is 5.91 Å². The number of amides is 2. The summed E-state index contributed by atoms with van der Waals surface area (Å²) >= 11 is 0. The van der Waals surface area contributed by atoms with Gasteiger partial charge >= 0.3 is 0 Å². The van der Waals surface area contributed by atoms with Crippen LogP contribution >= 0.6 is 0 Å². The third-order valence-corrected chi connectivity index (χ3v) is 7.92. The second-order valence-corrected chi connectivity index (χ2v) is 10.5. The molecule has 0 radical (unpaired) electrons. The summed E-state index contributed by atoms with van der Waals surface area (Å²) in [5, 5.41) is 5.69. The van der Waals surface area contributed by atoms with Crippen LogP contribution in [-0.4, -0.2) is 37.6 Å². The van der Waals surface area contributed by atoms with Crippen molar-refractivity contribution < 1.29 is 18.0 Å². The second-order valence-electron chi connectivity index (χ2n) is 8.52. The predicted octanol–water partition coefficient (Wildman–Crippen LogP) is 3.90. The number of benzene rings is 3. The van der Waals surface area contributed by atoms with Crippen LogP contribution in [0.5, 0.6) is 0 Å². The van der Waals surface area contributed by atoms with Gasteiger partial charge < -0.3 is 10.6 Å². The lowest BCUT2D eigenvalue weighted by atomic mass is 10.0. The summed E-state index contributed by atoms with van der Waals surface area (Å²) in [6.45, 7) is 1.12. The van der Waals surface area contributed by atoms with Crippen LogP contribution in [-0.2, 0) is 26.0 Å². The number of carbonyl (C=O) groups excluding carboxylic acids is 2. The molecule has 0 spiro atoms. The van der Waals surface area contributed by atoms with Gasteiger partial charge in [0.1, 0.15) is 6.04 Å². The Hall–Kier alpha value is -3.49. The predicted molar refractivity (Wildman–Crippen MR) is 135 cm³/mol. The van der Waals surface area contributed by atoms with Gasteiger partial charge in [-0.15, -0.1) is 0 Å². The van der Waals surface area contributed by atoms with E-state index in [1.165, 1.54) is 4.31 Å². The number of nitrogens with one attached hydrogen (secondary N) is 2. The number of aryl methyl sites for hydroxylation is 1. The average Bonchev–Trinajstić information content (AvgIpc) is 3.43. The van der Waals surface area contributed by atoms with E-state index in [1.54, 1.807) is 48.5 Å². The minimum absolute atomic E-state index is 0.167. The van der Waals surface area contributed by atoms with Crippen molar-refractivity contribution in [3.05, 3.63) is 96.1 Å². The van der Waals surface area contributed by atoms with Crippen molar-refractivity contribution in [2.75, 3.05) is 18.4 Å². The largest absolute Gasteiger partial charge is 0.341 e. The first-order valence-corrected chi connectivity index (χ1v) is 13.2. The van der Waals surface area contributed by atoms with E-state index < -0.39 is 16.1 Å². The standard InChI is InChI=1S/C27H29N3O4S/c31-25(18-15-21-13-16-24(17-14-21)35(33,34)30-19-7-8-20-30)29-26(22-9-3-1-4-10-22)27(32)28-23-11-5-2-6-12-23/h1-6,9-14,16-17,26H,7-8,15,18-20H2,(H,28,32)(H,29,31). The molecule has 2 amide bonds. The van der Waals surface area contributed by atoms with E-state index >= 15 is 0 Å². The van der Waals surface area contributed by atoms with E-state index in [4.69, 9.17) is 0 Å². The van der Waals surface area contributed by atoms with Crippen LogP contribution in [0.4, 0.5) is 5.69 Å². The Balaban J connectivity index is 1.38. The molecule has 182 valence electrons. The number of hydrogen-bond donors (Lipinski definition) is 2. The lowest BCUT2D eigenvalue weighted by molar-refractivity contribution is -0.126. The van der Waals surface area contributed by atoms with Gasteiger partial charge in [-0.05, 0) is 54.7 Å². The number of anilines is 1. The highest BCUT2D eigenvalue weighted by Gasteiger charge is 2.27. The SMILES string of the molecule is O=C(CCc1ccc(S(=O)(=O)N2CCCC2)cc1)NC(C(=O)Nc1ccccc1)c1ccccc1. The molecule has 4 rings (SSSR count). The molecular weight excluding hydrogens is 462 g/mol. The van der Waals surface area contributed by atoms with E-state index in [1.807, 2.05) is 36.4 Å². The van der Waals surface area contributed by atoms with Gasteiger partial charge in [-0.1, -0.05) is 60.7 Å². The maximum atomic E-state index is 13.0. The number of sulfonamides is 1. The Morgan fingerprint density at radius 3 is 2.06 bits per heavy atom. The summed E-state index contributed by atoms with van der Waals surface area (Å²) in [7, 11) is -3.46. The number of rotatable bonds is 9. The molecule has 35 heavy (non-hydrogen) atoms. The summed E-state index contributed by atoms with van der Waals surface area (Å²) in [6, 6.07) is 24.0. The van der Waals surface area contributed by atoms with Crippen LogP contribution in [0.3, 0.4) is 0 Å². The number of para-hydroxylation sites is 1. The van der Waals surface area contributed by atoms with Gasteiger partial charge in [0.2, 0.25) is 15.9 Å². The van der Waals surface area contributed by atoms with Gasteiger partial charge in [0.05, 0.1) is 4.90 Å². The highest BCUT2D eigenvalue weighted by Crippen LogP contribution is 2.22. The van der Waals surface area contributed by atoms with Crippen LogP contribution in [0.15, 0.2) is 89.8 Å². The first kappa shape index (κ1) is 24.6. The van der Waals surface area contributed by atoms with Gasteiger partial charge in [0.15, 0.2) is 0 Å². The van der Waals surface area contributed by atoms with Crippen molar-refractivity contribution in [3.63, 3.8) is 0 Å². The zero-order valence-electron chi connectivity index (χ0n) is 19.4. The highest BCUT2D eigenvalue weighted by atomic mass is 32.2. The van der Waals surface area contributed by atoms with Crippen LogP contribution in [0, 0.1) is 0 Å². The van der Waals surface area contributed by atoms with E-state index in [9.17, 15) is 18.0 Å². The minimum Gasteiger partial charge on any atom is -0.341 e. The van der Waals surface area contributed by atoms with Crippen LogP contribution in [0.2, 0.25) is 0 Å². The molecule has 2 N–H and O–H groups in total. The monoisotopic (exact) mass is 491 g/mol. The quantitative estimate of drug-likeness (QED) is 0.475. The lowest BCUT2D eigenvalue weighted by Gasteiger charge is -2.19. The molecule has 0 bridgehead atoms. The smallest absolute Gasteiger partial charge is 0.251 e. The Morgan fingerprint density at radius 1 is 0.829 bits per heavy atom. The van der Waals surface area contributed by atoms with Crippen LogP contribution in [0.1, 0.15) is 36.4 Å². The van der Waals surface area contributed by atoms with Crippen molar-refractivity contribution in [2.45, 2.75) is 36.6 Å². The van der Waals surface area contributed by atoms with Crippen molar-refractivity contribution in [1.29, 1.82) is 0 Å². The molecule has 1 atom stereocenters. The molecule has 1 aliphatic rings. The van der Waals surface area contributed by atoms with Gasteiger partial charge in [-0.3, -0.25) is 9.59 Å². The Kier molecular flexibility index (Phi) is 7.94. The third kappa shape index (κ3) is 6.35. The summed E-state index contributed by atoms with van der Waals surface area (Å²) in [5.41, 5.74) is 2.19. The lowest BCUT2D eigenvalue weighted by Crippen LogP contribution is -2.37. The highest BCUT2D eigenvalue weighted by molar-refractivity contribution is 7.89. The molecule has 1 heterocycles. The first-order valence-electron chi connectivity index (χ1n) is 11.7. The van der Waals surface area contributed by atoms with E-state index in [0.29, 0.717) is 30.8 Å². The molecule has 3 aromatic rings. The Morgan fingerprint density at radius 2 is 1.43 bits per heavy atom. The first-order chi connectivity index (χ1) is 16.9. The summed E-state index contributed by atoms with van der Waals surface area (Å²) in [5.74, 6) is -0.594. The fourth-order valence-corrected chi connectivity index (χ4v) is 5.60. The molecule has 7 nitrogen and oxygen atoms in total. The van der Waals surface area contributed by atoms with E-state index in [-0.39, 0.29) is 23.1 Å². The normalized spacial score (nSPS) is 14.9. The molecule has 1 saturated heterocycles. The molecule has 0 saturated carbocycles. The summed E-state index contributed by atoms with van der Waals surface area (Å²) < 4.78 is 26.9. The molecule has 8 heteroatoms. The van der Waals surface area contributed by atoms with Crippen molar-refractivity contribution >= 4 is 27.5 Å². The molecule has 1 unspecified atom stereocenters. The fourth-order valence-electron chi connectivity index (χ4n) is 4.08. The number of carbonyl (C=O) groups is 2. The molecule has 1 fully saturated rings. The van der Waals surface area contributed by atoms with E-state index in [2.05, 4.69) is 10.6 Å². The maximum absolute atomic E-state index is 13.0. The zero-order valence-corrected chi connectivity index (χ0v) is 20.2. The van der Waals surface area contributed by atoms with Gasteiger partial charge in [0, 0.05) is 25.2 Å². The molecule has 0 aromatic heterocycles. The summed E-state index contributed by atoms with van der Waals surface area (Å²) in [4.78, 5) is 26.0. The van der Waals surface area contributed by atoms with Crippen LogP contribution in [0.25, 0.3) is 0 Å².